The predicted molar refractivity (Wildman–Crippen MR) is 212 cm³/mol. The lowest BCUT2D eigenvalue weighted by atomic mass is 9.95. The van der Waals surface area contributed by atoms with E-state index in [9.17, 15) is 34.2 Å². The Labute approximate surface area is 338 Å². The molecule has 0 amide bonds. The van der Waals surface area contributed by atoms with Gasteiger partial charge in [0.05, 0.1) is 22.3 Å². The summed E-state index contributed by atoms with van der Waals surface area (Å²) in [5.74, 6) is -6.59. The molecule has 0 aliphatic heterocycles. The van der Waals surface area contributed by atoms with Gasteiger partial charge in [0.2, 0.25) is 0 Å². The zero-order valence-electron chi connectivity index (χ0n) is 22.8. The molecule has 3 aromatic carbocycles. The third-order valence-electron chi connectivity index (χ3n) is 5.92. The molecule has 0 aliphatic carbocycles. The normalized spacial score (nSPS) is 11.3. The van der Waals surface area contributed by atoms with Crippen LogP contribution >= 0.6 is 136 Å². The molecule has 1 atom stereocenters. The third-order valence-corrected chi connectivity index (χ3v) is 13.3. The predicted octanol–water partition coefficient (Wildman–Crippen LogP) is 8.65. The number of carboxylic acids is 2. The second kappa shape index (κ2) is 17.0. The van der Waals surface area contributed by atoms with Crippen molar-refractivity contribution in [3.8, 4) is 0 Å². The van der Waals surface area contributed by atoms with Gasteiger partial charge in [-0.25, -0.2) is 24.0 Å². The van der Waals surface area contributed by atoms with Gasteiger partial charge in [-0.3, -0.25) is 0 Å². The number of benzene rings is 3. The molecule has 236 valence electrons. The topological polar surface area (TPSA) is 154 Å². The molecule has 45 heavy (non-hydrogen) atoms. The molecule has 0 aliphatic rings. The average molecular weight is 1290 g/mol. The summed E-state index contributed by atoms with van der Waals surface area (Å²) >= 11 is 12.2. The van der Waals surface area contributed by atoms with Gasteiger partial charge in [0, 0.05) is 27.0 Å². The van der Waals surface area contributed by atoms with Crippen LogP contribution in [0.2, 0.25) is 0 Å². The van der Waals surface area contributed by atoms with Gasteiger partial charge in [-0.05, 0) is 179 Å². The average Bonchev–Trinajstić information content (AvgIpc) is 2.97. The van der Waals surface area contributed by atoms with E-state index < -0.39 is 58.6 Å². The van der Waals surface area contributed by atoms with Crippen LogP contribution in [-0.4, -0.2) is 40.1 Å². The molecule has 10 nitrogen and oxygen atoms in total. The van der Waals surface area contributed by atoms with Gasteiger partial charge in [-0.1, -0.05) is 19.1 Å². The molecular weight excluding hydrogens is 1270 g/mol. The number of carbonyl (C=O) groups is 5. The van der Waals surface area contributed by atoms with Gasteiger partial charge in [0.25, 0.3) is 0 Å². The molecule has 1 unspecified atom stereocenters. The summed E-state index contributed by atoms with van der Waals surface area (Å²) in [7, 11) is 0. The standard InChI is InChI=1S/C29H18I6O10/c1-3-20(14-5-4-6-15(24(36)37)21(14)25(38)39)43-26(40)11(2)29(44-27(41)16-7-12(30)9-18(32)22(16)34)45-28(42)17-8-13(31)10-19(33)23(17)35/h4-10,20H,3H2,1-2H3,(H,36,37)(H,38,39). The molecule has 0 fully saturated rings. The molecule has 16 heteroatoms. The number of esters is 3. The van der Waals surface area contributed by atoms with E-state index in [1.165, 1.54) is 19.1 Å². The molecule has 0 heterocycles. The Morgan fingerprint density at radius 2 is 1.22 bits per heavy atom. The van der Waals surface area contributed by atoms with Crippen molar-refractivity contribution in [3.05, 3.63) is 103 Å². The Morgan fingerprint density at radius 1 is 0.733 bits per heavy atom. The molecule has 0 bridgehead atoms. The molecule has 0 saturated heterocycles. The number of hydrogen-bond donors (Lipinski definition) is 2. The smallest absolute Gasteiger partial charge is 0.347 e. The molecule has 3 aromatic rings. The van der Waals surface area contributed by atoms with Crippen molar-refractivity contribution in [1.29, 1.82) is 0 Å². The van der Waals surface area contributed by atoms with Crippen molar-refractivity contribution < 1.29 is 48.4 Å². The number of ether oxygens (including phenoxy) is 3. The fourth-order valence-corrected chi connectivity index (χ4v) is 8.54. The number of hydrogen-bond acceptors (Lipinski definition) is 8. The molecule has 0 aromatic heterocycles. The van der Waals surface area contributed by atoms with E-state index >= 15 is 0 Å². The summed E-state index contributed by atoms with van der Waals surface area (Å²) in [4.78, 5) is 64.0. The summed E-state index contributed by atoms with van der Waals surface area (Å²) < 4.78 is 20.9. The molecule has 3 rings (SSSR count). The van der Waals surface area contributed by atoms with Crippen molar-refractivity contribution in [2.45, 2.75) is 26.4 Å². The van der Waals surface area contributed by atoms with Crippen LogP contribution in [0.3, 0.4) is 0 Å². The molecular formula is C29H18I6O10. The van der Waals surface area contributed by atoms with E-state index in [1.54, 1.807) is 19.1 Å². The third kappa shape index (κ3) is 9.61. The summed E-state index contributed by atoms with van der Waals surface area (Å²) in [5.41, 5.74) is -1.12. The molecule has 2 N–H and O–H groups in total. The van der Waals surface area contributed by atoms with Crippen LogP contribution in [-0.2, 0) is 19.0 Å². The highest BCUT2D eigenvalue weighted by Gasteiger charge is 2.30. The Balaban J connectivity index is 2.09. The number of carboxylic acid groups (broad SMARTS) is 2. The van der Waals surface area contributed by atoms with E-state index in [-0.39, 0.29) is 23.1 Å². The van der Waals surface area contributed by atoms with Crippen molar-refractivity contribution in [2.24, 2.45) is 0 Å². The van der Waals surface area contributed by atoms with Crippen molar-refractivity contribution in [2.75, 3.05) is 0 Å². The van der Waals surface area contributed by atoms with Gasteiger partial charge in [0.1, 0.15) is 11.7 Å². The summed E-state index contributed by atoms with van der Waals surface area (Å²) in [6.45, 7) is 2.84. The van der Waals surface area contributed by atoms with Crippen LogP contribution < -0.4 is 0 Å². The van der Waals surface area contributed by atoms with Crippen LogP contribution in [0.15, 0.2) is 54.0 Å². The highest BCUT2D eigenvalue weighted by atomic mass is 127. The number of rotatable bonds is 10. The second-order valence-corrected chi connectivity index (χ2v) is 15.8. The maximum absolute atomic E-state index is 13.5. The summed E-state index contributed by atoms with van der Waals surface area (Å²) in [6.07, 6.45) is -1.14. The second-order valence-electron chi connectivity index (χ2n) is 8.87. The maximum atomic E-state index is 13.5. The quantitative estimate of drug-likeness (QED) is 0.0664. The highest BCUT2D eigenvalue weighted by molar-refractivity contribution is 14.1. The first-order valence-electron chi connectivity index (χ1n) is 12.3. The van der Waals surface area contributed by atoms with Crippen LogP contribution in [0.1, 0.15) is 73.4 Å². The molecule has 0 spiro atoms. The maximum Gasteiger partial charge on any atom is 0.347 e. The Kier molecular flexibility index (Phi) is 14.6. The lowest BCUT2D eigenvalue weighted by Gasteiger charge is -2.20. The van der Waals surface area contributed by atoms with Crippen LogP contribution in [0.4, 0.5) is 0 Å². The minimum atomic E-state index is -1.52. The first-order chi connectivity index (χ1) is 21.1. The van der Waals surface area contributed by atoms with Crippen molar-refractivity contribution in [1.82, 2.24) is 0 Å². The van der Waals surface area contributed by atoms with Gasteiger partial charge in [-0.15, -0.1) is 0 Å². The summed E-state index contributed by atoms with van der Waals surface area (Å²) in [5, 5.41) is 19.3. The van der Waals surface area contributed by atoms with Crippen molar-refractivity contribution >= 4 is 165 Å². The Bertz CT molecular complexity index is 1700. The van der Waals surface area contributed by atoms with Crippen LogP contribution in [0.5, 0.6) is 0 Å². The van der Waals surface area contributed by atoms with Crippen LogP contribution in [0, 0.1) is 21.4 Å². The van der Waals surface area contributed by atoms with E-state index in [1.807, 2.05) is 102 Å². The number of carbonyl (C=O) groups excluding carboxylic acids is 3. The molecule has 0 saturated carbocycles. The zero-order chi connectivity index (χ0) is 33.7. The minimum Gasteiger partial charge on any atom is -0.478 e. The van der Waals surface area contributed by atoms with Gasteiger partial charge < -0.3 is 24.4 Å². The SMILES string of the molecule is CCC(OC(=O)C(C)=C(OC(=O)c1cc(I)cc(I)c1I)OC(=O)c1cc(I)cc(I)c1I)c1cccc(C(=O)O)c1C(=O)O. The number of halogens is 6. The Morgan fingerprint density at radius 3 is 1.64 bits per heavy atom. The fraction of sp³-hybridized carbons (Fsp3) is 0.138. The zero-order valence-corrected chi connectivity index (χ0v) is 35.7. The first kappa shape index (κ1) is 38.6. The summed E-state index contributed by atoms with van der Waals surface area (Å²) in [6, 6.07) is 10.7. The lowest BCUT2D eigenvalue weighted by Crippen LogP contribution is -2.21. The first-order valence-corrected chi connectivity index (χ1v) is 18.8. The minimum absolute atomic E-state index is 0.0485. The molecule has 0 radical (unpaired) electrons. The van der Waals surface area contributed by atoms with Crippen LogP contribution in [0.25, 0.3) is 0 Å². The number of aromatic carboxylic acids is 2. The van der Waals surface area contributed by atoms with Gasteiger partial charge in [0.15, 0.2) is 0 Å². The largest absolute Gasteiger partial charge is 0.478 e. The van der Waals surface area contributed by atoms with E-state index in [0.29, 0.717) is 7.14 Å². The van der Waals surface area contributed by atoms with E-state index in [0.717, 1.165) is 20.3 Å². The van der Waals surface area contributed by atoms with Gasteiger partial charge in [-0.2, -0.15) is 0 Å². The van der Waals surface area contributed by atoms with Gasteiger partial charge >= 0.3 is 35.8 Å². The monoisotopic (exact) mass is 1290 g/mol. The van der Waals surface area contributed by atoms with E-state index in [4.69, 9.17) is 14.2 Å². The van der Waals surface area contributed by atoms with E-state index in [2.05, 4.69) is 45.2 Å². The van der Waals surface area contributed by atoms with Crippen molar-refractivity contribution in [3.63, 3.8) is 0 Å². The lowest BCUT2D eigenvalue weighted by molar-refractivity contribution is -0.145. The fourth-order valence-electron chi connectivity index (χ4n) is 3.78. The highest BCUT2D eigenvalue weighted by Crippen LogP contribution is 2.31. The Hall–Kier alpha value is -0.870.